The molecule has 45 heavy (non-hydrogen) atoms. The number of piperidine rings is 1. The van der Waals surface area contributed by atoms with E-state index in [2.05, 4.69) is 10.2 Å². The number of hydrogen-bond acceptors (Lipinski definition) is 6. The summed E-state index contributed by atoms with van der Waals surface area (Å²) in [5.41, 5.74) is 2.68. The summed E-state index contributed by atoms with van der Waals surface area (Å²) in [4.78, 5) is 48.2. The minimum atomic E-state index is -1.01. The number of fused-ring (bicyclic) bond motifs is 1. The number of phenols is 1. The summed E-state index contributed by atoms with van der Waals surface area (Å²) in [5.74, 6) is -0.240. The molecule has 2 aromatic carbocycles. The number of carbonyl (C=O) groups excluding carboxylic acids is 3. The molecule has 1 atom stereocenters. The largest absolute Gasteiger partial charge is 0.506 e. The standard InChI is InChI=1S/C34H44ClN5O5/c35-28-22-24(10-11-30(28)41)23-31(32(42)38-20-18-37(19-21-38)26-7-2-1-3-8-26)45-34(44)39-15-13-27(14-16-39)40-17-12-25-6-4-5-9-29(25)36-33(40)43/h4-6,9-11,22,26-27,31,41H,1-3,7-8,12-21,23H2,(H,36,43)/t31-/m1/s1. The van der Waals surface area contributed by atoms with Crippen molar-refractivity contribution in [2.45, 2.75) is 76.0 Å². The highest BCUT2D eigenvalue weighted by Crippen LogP contribution is 2.28. The lowest BCUT2D eigenvalue weighted by Gasteiger charge is -2.41. The lowest BCUT2D eigenvalue weighted by molar-refractivity contribution is -0.143. The molecule has 1 aliphatic carbocycles. The van der Waals surface area contributed by atoms with E-state index >= 15 is 0 Å². The van der Waals surface area contributed by atoms with E-state index in [0.29, 0.717) is 57.2 Å². The van der Waals surface area contributed by atoms with Crippen LogP contribution < -0.4 is 5.32 Å². The van der Waals surface area contributed by atoms with Crippen LogP contribution in [0.5, 0.6) is 5.75 Å². The number of rotatable bonds is 6. The van der Waals surface area contributed by atoms with Crippen molar-refractivity contribution >= 4 is 35.3 Å². The second-order valence-electron chi connectivity index (χ2n) is 12.8. The third-order valence-electron chi connectivity index (χ3n) is 9.97. The Kier molecular flexibility index (Phi) is 10.00. The molecule has 0 radical (unpaired) electrons. The number of nitrogens with one attached hydrogen (secondary N) is 1. The number of amides is 4. The molecule has 2 saturated heterocycles. The van der Waals surface area contributed by atoms with Crippen molar-refractivity contribution in [2.75, 3.05) is 51.1 Å². The number of phenolic OH excluding ortho intramolecular Hbond substituents is 1. The number of carbonyl (C=O) groups is 3. The molecular weight excluding hydrogens is 594 g/mol. The zero-order chi connectivity index (χ0) is 31.3. The summed E-state index contributed by atoms with van der Waals surface area (Å²) < 4.78 is 5.97. The molecule has 3 aliphatic heterocycles. The Morgan fingerprint density at radius 1 is 0.889 bits per heavy atom. The topological polar surface area (TPSA) is 106 Å². The lowest BCUT2D eigenvalue weighted by atomic mass is 9.94. The van der Waals surface area contributed by atoms with Crippen LogP contribution in [0.4, 0.5) is 15.3 Å². The van der Waals surface area contributed by atoms with Gasteiger partial charge in [-0.3, -0.25) is 9.69 Å². The molecule has 0 bridgehead atoms. The third-order valence-corrected chi connectivity index (χ3v) is 10.3. The third kappa shape index (κ3) is 7.49. The molecule has 4 aliphatic rings. The van der Waals surface area contributed by atoms with Crippen molar-refractivity contribution in [3.8, 4) is 5.75 Å². The SMILES string of the molecule is O=C(O[C@H](Cc1ccc(O)c(Cl)c1)C(=O)N1CCN(C2CCCCC2)CC1)N1CCC(N2CCc3ccccc3NC2=O)CC1. The first-order valence-electron chi connectivity index (χ1n) is 16.5. The number of nitrogens with zero attached hydrogens (tertiary/aromatic N) is 4. The summed E-state index contributed by atoms with van der Waals surface area (Å²) in [6.45, 7) is 4.35. The van der Waals surface area contributed by atoms with Crippen molar-refractivity contribution in [1.82, 2.24) is 19.6 Å². The summed E-state index contributed by atoms with van der Waals surface area (Å²) in [6, 6.07) is 13.2. The van der Waals surface area contributed by atoms with E-state index in [0.717, 1.165) is 30.8 Å². The number of para-hydroxylation sites is 1. The van der Waals surface area contributed by atoms with Crippen LogP contribution in [0.15, 0.2) is 42.5 Å². The van der Waals surface area contributed by atoms with E-state index in [4.69, 9.17) is 16.3 Å². The molecule has 10 nitrogen and oxygen atoms in total. The monoisotopic (exact) mass is 637 g/mol. The van der Waals surface area contributed by atoms with E-state index in [1.807, 2.05) is 34.1 Å². The zero-order valence-electron chi connectivity index (χ0n) is 25.8. The Labute approximate surface area is 270 Å². The molecular formula is C34H44ClN5O5. The number of piperazine rings is 1. The number of aromatic hydroxyl groups is 1. The van der Waals surface area contributed by atoms with Gasteiger partial charge in [0, 0.05) is 70.0 Å². The number of hydrogen-bond donors (Lipinski definition) is 2. The van der Waals surface area contributed by atoms with Crippen molar-refractivity contribution in [3.05, 3.63) is 58.6 Å². The second kappa shape index (κ2) is 14.3. The van der Waals surface area contributed by atoms with Crippen molar-refractivity contribution in [3.63, 3.8) is 0 Å². The van der Waals surface area contributed by atoms with Gasteiger partial charge in [0.25, 0.3) is 5.91 Å². The Morgan fingerprint density at radius 2 is 1.62 bits per heavy atom. The fraction of sp³-hybridized carbons (Fsp3) is 0.559. The van der Waals surface area contributed by atoms with Crippen LogP contribution in [-0.4, -0.2) is 107 Å². The molecule has 0 aromatic heterocycles. The molecule has 6 rings (SSSR count). The smallest absolute Gasteiger partial charge is 0.410 e. The average molecular weight is 638 g/mol. The highest BCUT2D eigenvalue weighted by molar-refractivity contribution is 6.32. The van der Waals surface area contributed by atoms with Crippen molar-refractivity contribution in [2.24, 2.45) is 0 Å². The van der Waals surface area contributed by atoms with E-state index < -0.39 is 12.2 Å². The summed E-state index contributed by atoms with van der Waals surface area (Å²) in [5, 5.41) is 13.1. The van der Waals surface area contributed by atoms with E-state index in [9.17, 15) is 19.5 Å². The zero-order valence-corrected chi connectivity index (χ0v) is 26.6. The van der Waals surface area contributed by atoms with Crippen LogP contribution >= 0.6 is 11.6 Å². The molecule has 11 heteroatoms. The van der Waals surface area contributed by atoms with Crippen LogP contribution in [0.3, 0.4) is 0 Å². The van der Waals surface area contributed by atoms with Crippen LogP contribution in [0.1, 0.15) is 56.1 Å². The number of benzene rings is 2. The molecule has 2 aromatic rings. The fourth-order valence-corrected chi connectivity index (χ4v) is 7.53. The highest BCUT2D eigenvalue weighted by Gasteiger charge is 2.36. The lowest BCUT2D eigenvalue weighted by Crippen LogP contribution is -2.55. The first-order chi connectivity index (χ1) is 21.9. The van der Waals surface area contributed by atoms with Crippen molar-refractivity contribution < 1.29 is 24.2 Å². The number of urea groups is 1. The second-order valence-corrected chi connectivity index (χ2v) is 13.2. The maximum absolute atomic E-state index is 13.9. The number of ether oxygens (including phenoxy) is 1. The fourth-order valence-electron chi connectivity index (χ4n) is 7.32. The van der Waals surface area contributed by atoms with Crippen LogP contribution in [-0.2, 0) is 22.4 Å². The van der Waals surface area contributed by atoms with Gasteiger partial charge in [0.2, 0.25) is 0 Å². The molecule has 4 amide bonds. The maximum Gasteiger partial charge on any atom is 0.410 e. The molecule has 3 heterocycles. The van der Waals surface area contributed by atoms with E-state index in [-0.39, 0.29) is 35.2 Å². The van der Waals surface area contributed by atoms with E-state index in [1.165, 1.54) is 38.2 Å². The normalized spacial score (nSPS) is 21.1. The van der Waals surface area contributed by atoms with Gasteiger partial charge in [-0.15, -0.1) is 0 Å². The Morgan fingerprint density at radius 3 is 2.36 bits per heavy atom. The van der Waals surface area contributed by atoms with Gasteiger partial charge in [-0.25, -0.2) is 9.59 Å². The van der Waals surface area contributed by atoms with Gasteiger partial charge in [-0.05, 0) is 61.4 Å². The van der Waals surface area contributed by atoms with Crippen LogP contribution in [0.25, 0.3) is 0 Å². The Bertz CT molecular complexity index is 1370. The number of anilines is 1. The first kappa shape index (κ1) is 31.5. The van der Waals surface area contributed by atoms with Gasteiger partial charge in [0.15, 0.2) is 6.10 Å². The molecule has 3 fully saturated rings. The maximum atomic E-state index is 13.9. The van der Waals surface area contributed by atoms with Gasteiger partial charge in [0.1, 0.15) is 5.75 Å². The summed E-state index contributed by atoms with van der Waals surface area (Å²) >= 11 is 6.17. The van der Waals surface area contributed by atoms with Crippen LogP contribution in [0.2, 0.25) is 5.02 Å². The quantitative estimate of drug-likeness (QED) is 0.455. The highest BCUT2D eigenvalue weighted by atomic mass is 35.5. The van der Waals surface area contributed by atoms with E-state index in [1.54, 1.807) is 17.0 Å². The Hall–Kier alpha value is -3.50. The van der Waals surface area contributed by atoms with Gasteiger partial charge in [-0.2, -0.15) is 0 Å². The summed E-state index contributed by atoms with van der Waals surface area (Å²) in [7, 11) is 0. The van der Waals surface area contributed by atoms with Gasteiger partial charge in [0.05, 0.1) is 5.02 Å². The van der Waals surface area contributed by atoms with Gasteiger partial charge < -0.3 is 29.9 Å². The predicted molar refractivity (Wildman–Crippen MR) is 173 cm³/mol. The van der Waals surface area contributed by atoms with Crippen molar-refractivity contribution in [1.29, 1.82) is 0 Å². The van der Waals surface area contributed by atoms with Crippen LogP contribution in [0, 0.1) is 0 Å². The number of halogens is 1. The molecule has 1 saturated carbocycles. The molecule has 242 valence electrons. The Balaban J connectivity index is 1.07. The van der Waals surface area contributed by atoms with Gasteiger partial charge >= 0.3 is 12.1 Å². The minimum Gasteiger partial charge on any atom is -0.506 e. The van der Waals surface area contributed by atoms with Gasteiger partial charge in [-0.1, -0.05) is 55.1 Å². The molecule has 0 spiro atoms. The molecule has 0 unspecified atom stereocenters. The minimum absolute atomic E-state index is 0.0142. The predicted octanol–water partition coefficient (Wildman–Crippen LogP) is 5.12. The average Bonchev–Trinajstić information content (AvgIpc) is 3.24. The molecule has 2 N–H and O–H groups in total. The number of likely N-dealkylation sites (tertiary alicyclic amines) is 1. The summed E-state index contributed by atoms with van der Waals surface area (Å²) in [6.07, 6.45) is 6.98. The first-order valence-corrected chi connectivity index (χ1v) is 16.8.